The average Bonchev–Trinajstić information content (AvgIpc) is 2.38. The number of carbonyl (C=O) groups excluding carboxylic acids is 1. The first-order valence-corrected chi connectivity index (χ1v) is 6.94. The molecular formula is C15H21BO4. The summed E-state index contributed by atoms with van der Waals surface area (Å²) in [6, 6.07) is 5.56. The fraction of sp³-hybridized carbons (Fsp3) is 0.533. The second-order valence-electron chi connectivity index (χ2n) is 5.91. The lowest BCUT2D eigenvalue weighted by molar-refractivity contribution is 0.0343. The second kappa shape index (κ2) is 5.98. The minimum absolute atomic E-state index is 0.0520. The number of hydrogen-bond acceptors (Lipinski definition) is 4. The zero-order valence-electron chi connectivity index (χ0n) is 12.6. The van der Waals surface area contributed by atoms with Crippen molar-refractivity contribution < 1.29 is 18.8 Å². The van der Waals surface area contributed by atoms with Crippen LogP contribution in [0, 0.1) is 12.3 Å². The molecule has 0 saturated carbocycles. The molecule has 0 amide bonds. The monoisotopic (exact) mass is 276 g/mol. The second-order valence-corrected chi connectivity index (χ2v) is 5.91. The Bertz CT molecular complexity index is 489. The van der Waals surface area contributed by atoms with Gasteiger partial charge in [0, 0.05) is 18.6 Å². The minimum Gasteiger partial charge on any atom is -0.462 e. The first-order chi connectivity index (χ1) is 9.43. The van der Waals surface area contributed by atoms with E-state index in [4.69, 9.17) is 14.0 Å². The number of benzene rings is 1. The van der Waals surface area contributed by atoms with Crippen molar-refractivity contribution in [3.8, 4) is 0 Å². The highest BCUT2D eigenvalue weighted by Gasteiger charge is 2.33. The van der Waals surface area contributed by atoms with Crippen LogP contribution in [0.2, 0.25) is 0 Å². The standard InChI is InChI=1S/C15H21BO4/c1-5-18-14(17)13-7-6-12(8-11(13)2)16-19-9-15(3,4)10-20-16/h6-8H,5,9-10H2,1-4H3. The summed E-state index contributed by atoms with van der Waals surface area (Å²) >= 11 is 0. The summed E-state index contributed by atoms with van der Waals surface area (Å²) in [5.41, 5.74) is 2.45. The van der Waals surface area contributed by atoms with Gasteiger partial charge in [-0.05, 0) is 30.9 Å². The molecule has 108 valence electrons. The van der Waals surface area contributed by atoms with Crippen molar-refractivity contribution in [2.75, 3.05) is 19.8 Å². The largest absolute Gasteiger partial charge is 0.493 e. The molecule has 4 nitrogen and oxygen atoms in total. The normalized spacial score (nSPS) is 17.9. The molecule has 0 unspecified atom stereocenters. The van der Waals surface area contributed by atoms with Crippen LogP contribution in [0.15, 0.2) is 18.2 Å². The predicted octanol–water partition coefficient (Wildman–Crippen LogP) is 1.94. The summed E-state index contributed by atoms with van der Waals surface area (Å²) < 4.78 is 16.5. The van der Waals surface area contributed by atoms with Crippen LogP contribution >= 0.6 is 0 Å². The maximum absolute atomic E-state index is 11.8. The summed E-state index contributed by atoms with van der Waals surface area (Å²) in [6.45, 7) is 9.61. The van der Waals surface area contributed by atoms with E-state index >= 15 is 0 Å². The van der Waals surface area contributed by atoms with Gasteiger partial charge in [-0.25, -0.2) is 4.79 Å². The molecule has 1 aliphatic heterocycles. The zero-order chi connectivity index (χ0) is 14.8. The smallest absolute Gasteiger partial charge is 0.462 e. The zero-order valence-corrected chi connectivity index (χ0v) is 12.6. The maximum atomic E-state index is 11.8. The van der Waals surface area contributed by atoms with Crippen molar-refractivity contribution in [1.82, 2.24) is 0 Å². The van der Waals surface area contributed by atoms with Crippen molar-refractivity contribution in [2.45, 2.75) is 27.7 Å². The minimum atomic E-state index is -0.349. The van der Waals surface area contributed by atoms with E-state index in [-0.39, 0.29) is 18.5 Å². The number of hydrogen-bond donors (Lipinski definition) is 0. The van der Waals surface area contributed by atoms with Crippen LogP contribution in [0.3, 0.4) is 0 Å². The van der Waals surface area contributed by atoms with Crippen LogP contribution in [0.5, 0.6) is 0 Å². The highest BCUT2D eigenvalue weighted by atomic mass is 16.6. The van der Waals surface area contributed by atoms with Gasteiger partial charge in [0.05, 0.1) is 12.2 Å². The molecule has 1 aromatic carbocycles. The van der Waals surface area contributed by atoms with Gasteiger partial charge in [-0.1, -0.05) is 26.0 Å². The van der Waals surface area contributed by atoms with Crippen LogP contribution in [-0.4, -0.2) is 32.9 Å². The van der Waals surface area contributed by atoms with E-state index in [9.17, 15) is 4.79 Å². The van der Waals surface area contributed by atoms with Gasteiger partial charge in [-0.3, -0.25) is 0 Å². The summed E-state index contributed by atoms with van der Waals surface area (Å²) in [4.78, 5) is 11.8. The molecule has 0 radical (unpaired) electrons. The highest BCUT2D eigenvalue weighted by molar-refractivity contribution is 6.61. The quantitative estimate of drug-likeness (QED) is 0.625. The summed E-state index contributed by atoms with van der Waals surface area (Å²) in [5.74, 6) is -0.289. The summed E-state index contributed by atoms with van der Waals surface area (Å²) in [7, 11) is -0.349. The third-order valence-electron chi connectivity index (χ3n) is 3.27. The number of rotatable bonds is 3. The first-order valence-electron chi connectivity index (χ1n) is 6.94. The Balaban J connectivity index is 2.11. The van der Waals surface area contributed by atoms with Gasteiger partial charge in [0.25, 0.3) is 0 Å². The molecule has 5 heteroatoms. The molecule has 2 rings (SSSR count). The molecule has 1 fully saturated rings. The van der Waals surface area contributed by atoms with Crippen LogP contribution in [0.4, 0.5) is 0 Å². The lowest BCUT2D eigenvalue weighted by atomic mass is 9.75. The van der Waals surface area contributed by atoms with Crippen LogP contribution in [0.1, 0.15) is 36.7 Å². The lowest BCUT2D eigenvalue weighted by Gasteiger charge is -2.33. The van der Waals surface area contributed by atoms with E-state index in [0.717, 1.165) is 11.0 Å². The molecular weight excluding hydrogens is 255 g/mol. The van der Waals surface area contributed by atoms with E-state index in [0.29, 0.717) is 25.4 Å². The van der Waals surface area contributed by atoms with E-state index in [2.05, 4.69) is 13.8 Å². The van der Waals surface area contributed by atoms with Gasteiger partial charge in [-0.2, -0.15) is 0 Å². The Morgan fingerprint density at radius 2 is 2.00 bits per heavy atom. The van der Waals surface area contributed by atoms with Crippen molar-refractivity contribution >= 4 is 18.6 Å². The Kier molecular flexibility index (Phi) is 4.50. The maximum Gasteiger partial charge on any atom is 0.493 e. The molecule has 1 saturated heterocycles. The first kappa shape index (κ1) is 15.1. The Labute approximate surface area is 120 Å². The lowest BCUT2D eigenvalue weighted by Crippen LogP contribution is -2.47. The fourth-order valence-corrected chi connectivity index (χ4v) is 2.16. The molecule has 0 spiro atoms. The Hall–Kier alpha value is -1.33. The number of ether oxygens (including phenoxy) is 1. The van der Waals surface area contributed by atoms with Gasteiger partial charge in [0.1, 0.15) is 0 Å². The van der Waals surface area contributed by atoms with Crippen LogP contribution in [-0.2, 0) is 14.0 Å². The molecule has 0 N–H and O–H groups in total. The number of carbonyl (C=O) groups is 1. The number of aryl methyl sites for hydroxylation is 1. The third-order valence-corrected chi connectivity index (χ3v) is 3.27. The molecule has 0 bridgehead atoms. The van der Waals surface area contributed by atoms with Crippen molar-refractivity contribution in [2.24, 2.45) is 5.41 Å². The highest BCUT2D eigenvalue weighted by Crippen LogP contribution is 2.21. The van der Waals surface area contributed by atoms with E-state index < -0.39 is 0 Å². The predicted molar refractivity (Wildman–Crippen MR) is 78.2 cm³/mol. The van der Waals surface area contributed by atoms with Gasteiger partial charge in [-0.15, -0.1) is 0 Å². The molecule has 0 aliphatic carbocycles. The van der Waals surface area contributed by atoms with Crippen LogP contribution in [0.25, 0.3) is 0 Å². The summed E-state index contributed by atoms with van der Waals surface area (Å²) in [6.07, 6.45) is 0. The third kappa shape index (κ3) is 3.41. The van der Waals surface area contributed by atoms with Crippen molar-refractivity contribution in [3.63, 3.8) is 0 Å². The van der Waals surface area contributed by atoms with Crippen LogP contribution < -0.4 is 5.46 Å². The molecule has 20 heavy (non-hydrogen) atoms. The van der Waals surface area contributed by atoms with E-state index in [1.165, 1.54) is 0 Å². The SMILES string of the molecule is CCOC(=O)c1ccc(B2OCC(C)(C)CO2)cc1C. The Morgan fingerprint density at radius 1 is 1.35 bits per heavy atom. The van der Waals surface area contributed by atoms with E-state index in [1.54, 1.807) is 13.0 Å². The average molecular weight is 276 g/mol. The molecule has 0 aromatic heterocycles. The van der Waals surface area contributed by atoms with E-state index in [1.807, 2.05) is 19.1 Å². The van der Waals surface area contributed by atoms with Gasteiger partial charge >= 0.3 is 13.1 Å². The molecule has 0 atom stereocenters. The summed E-state index contributed by atoms with van der Waals surface area (Å²) in [5, 5.41) is 0. The van der Waals surface area contributed by atoms with Crippen molar-refractivity contribution in [3.05, 3.63) is 29.3 Å². The van der Waals surface area contributed by atoms with Gasteiger partial charge < -0.3 is 14.0 Å². The van der Waals surface area contributed by atoms with Gasteiger partial charge in [0.15, 0.2) is 0 Å². The Morgan fingerprint density at radius 3 is 2.55 bits per heavy atom. The molecule has 1 aromatic rings. The fourth-order valence-electron chi connectivity index (χ4n) is 2.16. The van der Waals surface area contributed by atoms with Crippen molar-refractivity contribution in [1.29, 1.82) is 0 Å². The topological polar surface area (TPSA) is 44.8 Å². The molecule has 1 heterocycles. The molecule has 1 aliphatic rings. The van der Waals surface area contributed by atoms with Gasteiger partial charge in [0.2, 0.25) is 0 Å². The number of esters is 1.